The fraction of sp³-hybridized carbons (Fsp3) is 0.524. The Morgan fingerprint density at radius 2 is 1.69 bits per heavy atom. The molecule has 1 heterocycles. The van der Waals surface area contributed by atoms with Gasteiger partial charge >= 0.3 is 17.8 Å². The number of rotatable bonds is 6. The molecular formula is C21H26FN3O4. The van der Waals surface area contributed by atoms with Crippen LogP contribution < -0.4 is 0 Å². The zero-order valence-electron chi connectivity index (χ0n) is 16.8. The van der Waals surface area contributed by atoms with Crippen LogP contribution in [0.25, 0.3) is 0 Å². The molecule has 3 rings (SSSR count). The van der Waals surface area contributed by atoms with Crippen molar-refractivity contribution in [3.8, 4) is 0 Å². The second kappa shape index (κ2) is 8.71. The molecular weight excluding hydrogens is 377 g/mol. The zero-order valence-corrected chi connectivity index (χ0v) is 16.8. The Bertz CT molecular complexity index is 803. The number of urea groups is 1. The maximum Gasteiger partial charge on any atom is 0.334 e. The van der Waals surface area contributed by atoms with Gasteiger partial charge < -0.3 is 4.90 Å². The van der Waals surface area contributed by atoms with Gasteiger partial charge in [0.25, 0.3) is 0 Å². The van der Waals surface area contributed by atoms with E-state index in [4.69, 9.17) is 0 Å². The molecule has 1 aromatic carbocycles. The average molecular weight is 403 g/mol. The Morgan fingerprint density at radius 3 is 2.24 bits per heavy atom. The summed E-state index contributed by atoms with van der Waals surface area (Å²) in [5, 5.41) is 0. The number of amides is 5. The number of benzene rings is 1. The van der Waals surface area contributed by atoms with Crippen molar-refractivity contribution < 1.29 is 23.6 Å². The van der Waals surface area contributed by atoms with Crippen LogP contribution in [-0.2, 0) is 20.9 Å². The highest BCUT2D eigenvalue weighted by atomic mass is 19.1. The molecule has 29 heavy (non-hydrogen) atoms. The first-order valence-electron chi connectivity index (χ1n) is 10.0. The summed E-state index contributed by atoms with van der Waals surface area (Å²) >= 11 is 0. The van der Waals surface area contributed by atoms with Gasteiger partial charge in [0.2, 0.25) is 5.91 Å². The molecule has 0 atom stereocenters. The minimum absolute atomic E-state index is 0.00832. The standard InChI is InChI=1S/C21H26FN3O4/c1-14(2)25-20(28)19(27)24(21(25)29)13-18(26)23(17-6-4-3-5-7-17)12-15-8-10-16(22)11-9-15/h8-11,14,17H,3-7,12-13H2,1-2H3. The summed E-state index contributed by atoms with van der Waals surface area (Å²) in [5.41, 5.74) is 0.768. The van der Waals surface area contributed by atoms with E-state index in [-0.39, 0.29) is 24.3 Å². The van der Waals surface area contributed by atoms with E-state index in [2.05, 4.69) is 0 Å². The Kier molecular flexibility index (Phi) is 6.30. The molecule has 1 aliphatic carbocycles. The Balaban J connectivity index is 1.79. The lowest BCUT2D eigenvalue weighted by Crippen LogP contribution is -2.48. The van der Waals surface area contributed by atoms with Crippen LogP contribution in [0.15, 0.2) is 24.3 Å². The van der Waals surface area contributed by atoms with Crippen LogP contribution in [0.4, 0.5) is 9.18 Å². The van der Waals surface area contributed by atoms with Crippen molar-refractivity contribution in [2.75, 3.05) is 6.54 Å². The van der Waals surface area contributed by atoms with Gasteiger partial charge in [-0.1, -0.05) is 31.4 Å². The first-order valence-corrected chi connectivity index (χ1v) is 10.0. The number of nitrogens with zero attached hydrogens (tertiary/aromatic N) is 3. The number of imide groups is 2. The highest BCUT2D eigenvalue weighted by Gasteiger charge is 2.47. The van der Waals surface area contributed by atoms with E-state index in [0.29, 0.717) is 0 Å². The first-order chi connectivity index (χ1) is 13.8. The van der Waals surface area contributed by atoms with E-state index >= 15 is 0 Å². The van der Waals surface area contributed by atoms with Crippen molar-refractivity contribution in [2.45, 2.75) is 64.6 Å². The fourth-order valence-electron chi connectivity index (χ4n) is 3.94. The minimum Gasteiger partial charge on any atom is -0.334 e. The molecule has 1 aromatic rings. The van der Waals surface area contributed by atoms with E-state index < -0.39 is 30.4 Å². The average Bonchev–Trinajstić information content (AvgIpc) is 2.91. The first kappa shape index (κ1) is 21.0. The topological polar surface area (TPSA) is 78.0 Å². The zero-order chi connectivity index (χ0) is 21.1. The summed E-state index contributed by atoms with van der Waals surface area (Å²) in [6, 6.07) is 4.69. The minimum atomic E-state index is -0.970. The molecule has 5 amide bonds. The largest absolute Gasteiger partial charge is 0.334 e. The number of hydrogen-bond acceptors (Lipinski definition) is 4. The molecule has 0 radical (unpaired) electrons. The molecule has 2 fully saturated rings. The van der Waals surface area contributed by atoms with Crippen LogP contribution >= 0.6 is 0 Å². The van der Waals surface area contributed by atoms with Gasteiger partial charge in [-0.05, 0) is 44.4 Å². The van der Waals surface area contributed by atoms with Gasteiger partial charge in [0.15, 0.2) is 0 Å². The molecule has 1 saturated heterocycles. The SMILES string of the molecule is CC(C)N1C(=O)C(=O)N(CC(=O)N(Cc2ccc(F)cc2)C2CCCCC2)C1=O. The predicted molar refractivity (Wildman–Crippen MR) is 103 cm³/mol. The third kappa shape index (κ3) is 4.46. The second-order valence-corrected chi connectivity index (χ2v) is 7.88. The smallest absolute Gasteiger partial charge is 0.334 e. The lowest BCUT2D eigenvalue weighted by molar-refractivity contribution is -0.146. The van der Waals surface area contributed by atoms with Gasteiger partial charge in [0, 0.05) is 18.6 Å². The van der Waals surface area contributed by atoms with Gasteiger partial charge in [0.1, 0.15) is 12.4 Å². The van der Waals surface area contributed by atoms with Crippen molar-refractivity contribution in [2.24, 2.45) is 0 Å². The molecule has 0 spiro atoms. The lowest BCUT2D eigenvalue weighted by Gasteiger charge is -2.35. The highest BCUT2D eigenvalue weighted by molar-refractivity contribution is 6.45. The summed E-state index contributed by atoms with van der Waals surface area (Å²) in [6.07, 6.45) is 4.78. The molecule has 1 saturated carbocycles. The molecule has 7 nitrogen and oxygen atoms in total. The third-order valence-corrected chi connectivity index (χ3v) is 5.50. The van der Waals surface area contributed by atoms with E-state index in [0.717, 1.165) is 47.5 Å². The molecule has 0 aromatic heterocycles. The third-order valence-electron chi connectivity index (χ3n) is 5.50. The monoisotopic (exact) mass is 403 g/mol. The summed E-state index contributed by atoms with van der Waals surface area (Å²) in [4.78, 5) is 53.2. The van der Waals surface area contributed by atoms with E-state index in [9.17, 15) is 23.6 Å². The van der Waals surface area contributed by atoms with Gasteiger partial charge in [0.05, 0.1) is 0 Å². The number of hydrogen-bond donors (Lipinski definition) is 0. The van der Waals surface area contributed by atoms with Crippen molar-refractivity contribution >= 4 is 23.8 Å². The molecule has 8 heteroatoms. The normalized spacial score (nSPS) is 18.1. The Labute approximate surface area is 169 Å². The van der Waals surface area contributed by atoms with E-state index in [1.54, 1.807) is 30.9 Å². The summed E-state index contributed by atoms with van der Waals surface area (Å²) in [7, 11) is 0. The van der Waals surface area contributed by atoms with Crippen LogP contribution in [-0.4, -0.2) is 57.1 Å². The van der Waals surface area contributed by atoms with E-state index in [1.165, 1.54) is 12.1 Å². The predicted octanol–water partition coefficient (Wildman–Crippen LogP) is 2.69. The highest BCUT2D eigenvalue weighted by Crippen LogP contribution is 2.25. The molecule has 0 N–H and O–H groups in total. The van der Waals surface area contributed by atoms with Crippen molar-refractivity contribution in [3.63, 3.8) is 0 Å². The van der Waals surface area contributed by atoms with Crippen LogP contribution in [0, 0.1) is 5.82 Å². The van der Waals surface area contributed by atoms with Crippen molar-refractivity contribution in [1.29, 1.82) is 0 Å². The van der Waals surface area contributed by atoms with Gasteiger partial charge in [-0.2, -0.15) is 0 Å². The van der Waals surface area contributed by atoms with Crippen LogP contribution in [0.1, 0.15) is 51.5 Å². The molecule has 0 unspecified atom stereocenters. The Hall–Kier alpha value is -2.77. The molecule has 0 bridgehead atoms. The van der Waals surface area contributed by atoms with Crippen LogP contribution in [0.3, 0.4) is 0 Å². The number of halogens is 1. The fourth-order valence-corrected chi connectivity index (χ4v) is 3.94. The van der Waals surface area contributed by atoms with Gasteiger partial charge in [-0.25, -0.2) is 14.1 Å². The molecule has 1 aliphatic heterocycles. The summed E-state index contributed by atoms with van der Waals surface area (Å²) < 4.78 is 13.2. The van der Waals surface area contributed by atoms with Crippen molar-refractivity contribution in [1.82, 2.24) is 14.7 Å². The molecule has 2 aliphatic rings. The van der Waals surface area contributed by atoms with Gasteiger partial charge in [-0.15, -0.1) is 0 Å². The number of carbonyl (C=O) groups excluding carboxylic acids is 4. The van der Waals surface area contributed by atoms with Gasteiger partial charge in [-0.3, -0.25) is 19.3 Å². The number of carbonyl (C=O) groups is 4. The van der Waals surface area contributed by atoms with Crippen molar-refractivity contribution in [3.05, 3.63) is 35.6 Å². The Morgan fingerprint density at radius 1 is 1.07 bits per heavy atom. The maximum absolute atomic E-state index is 13.2. The van der Waals surface area contributed by atoms with Crippen LogP contribution in [0.5, 0.6) is 0 Å². The van der Waals surface area contributed by atoms with E-state index in [1.807, 2.05) is 0 Å². The van der Waals surface area contributed by atoms with Crippen LogP contribution in [0.2, 0.25) is 0 Å². The second-order valence-electron chi connectivity index (χ2n) is 7.88. The quantitative estimate of drug-likeness (QED) is 0.540. The lowest BCUT2D eigenvalue weighted by atomic mass is 9.93. The summed E-state index contributed by atoms with van der Waals surface area (Å²) in [5.74, 6) is -2.62. The summed E-state index contributed by atoms with van der Waals surface area (Å²) in [6.45, 7) is 3.07. The molecule has 156 valence electrons. The maximum atomic E-state index is 13.2.